The summed E-state index contributed by atoms with van der Waals surface area (Å²) >= 11 is 0. The second kappa shape index (κ2) is 4.41. The third-order valence-corrected chi connectivity index (χ3v) is 4.28. The van der Waals surface area contributed by atoms with Gasteiger partial charge in [-0.25, -0.2) is 0 Å². The summed E-state index contributed by atoms with van der Waals surface area (Å²) in [6, 6.07) is 0.545. The minimum absolute atomic E-state index is 0.172. The van der Waals surface area contributed by atoms with Crippen LogP contribution in [0.4, 0.5) is 0 Å². The fourth-order valence-corrected chi connectivity index (χ4v) is 2.82. The normalized spacial score (nSPS) is 27.7. The van der Waals surface area contributed by atoms with Crippen molar-refractivity contribution >= 4 is 0 Å². The molecule has 3 rings (SSSR count). The van der Waals surface area contributed by atoms with Gasteiger partial charge in [-0.1, -0.05) is 24.9 Å². The predicted octanol–water partition coefficient (Wildman–Crippen LogP) is 2.20. The maximum Gasteiger partial charge on any atom is 0.232 e. The summed E-state index contributed by atoms with van der Waals surface area (Å²) in [5, 5.41) is 7.65. The van der Waals surface area contributed by atoms with E-state index in [-0.39, 0.29) is 5.41 Å². The van der Waals surface area contributed by atoms with Gasteiger partial charge in [-0.3, -0.25) is 0 Å². The average Bonchev–Trinajstić information content (AvgIpc) is 2.76. The number of hydrogen-bond donors (Lipinski definition) is 1. The Labute approximate surface area is 102 Å². The Morgan fingerprint density at radius 2 is 2.24 bits per heavy atom. The lowest BCUT2D eigenvalue weighted by Gasteiger charge is -2.34. The summed E-state index contributed by atoms with van der Waals surface area (Å²) in [5.74, 6) is 1.74. The van der Waals surface area contributed by atoms with Gasteiger partial charge in [0.15, 0.2) is 5.82 Å². The van der Waals surface area contributed by atoms with Crippen LogP contribution in [-0.2, 0) is 11.8 Å². The highest BCUT2D eigenvalue weighted by Crippen LogP contribution is 2.42. The molecule has 1 aromatic heterocycles. The van der Waals surface area contributed by atoms with E-state index in [4.69, 9.17) is 4.52 Å². The van der Waals surface area contributed by atoms with Crippen molar-refractivity contribution in [2.75, 3.05) is 6.54 Å². The summed E-state index contributed by atoms with van der Waals surface area (Å²) in [5.41, 5.74) is 0.172. The Hall–Kier alpha value is -0.900. The molecule has 2 heterocycles. The maximum absolute atomic E-state index is 5.42. The third kappa shape index (κ3) is 2.23. The van der Waals surface area contributed by atoms with E-state index in [1.54, 1.807) is 0 Å². The van der Waals surface area contributed by atoms with E-state index in [9.17, 15) is 0 Å². The molecular formula is C13H21N3O. The second-order valence-corrected chi connectivity index (χ2v) is 5.78. The van der Waals surface area contributed by atoms with Crippen molar-refractivity contribution < 1.29 is 4.52 Å². The molecule has 4 heteroatoms. The molecule has 1 atom stereocenters. The van der Waals surface area contributed by atoms with Gasteiger partial charge in [0, 0.05) is 17.9 Å². The largest absolute Gasteiger partial charge is 0.339 e. The number of aromatic nitrogens is 2. The molecule has 0 spiro atoms. The van der Waals surface area contributed by atoms with Crippen LogP contribution in [0, 0.1) is 0 Å². The van der Waals surface area contributed by atoms with Crippen molar-refractivity contribution in [3.05, 3.63) is 11.7 Å². The minimum Gasteiger partial charge on any atom is -0.339 e. The number of nitrogens with zero attached hydrogens (tertiary/aromatic N) is 2. The molecule has 1 N–H and O–H groups in total. The van der Waals surface area contributed by atoms with Crippen LogP contribution in [0.5, 0.6) is 0 Å². The smallest absolute Gasteiger partial charge is 0.232 e. The highest BCUT2D eigenvalue weighted by Gasteiger charge is 2.39. The Morgan fingerprint density at radius 3 is 2.88 bits per heavy atom. The average molecular weight is 235 g/mol. The van der Waals surface area contributed by atoms with E-state index in [2.05, 4.69) is 22.4 Å². The Morgan fingerprint density at radius 1 is 1.35 bits per heavy atom. The lowest BCUT2D eigenvalue weighted by atomic mass is 9.70. The molecule has 1 aliphatic carbocycles. The number of piperidine rings is 1. The monoisotopic (exact) mass is 235 g/mol. The van der Waals surface area contributed by atoms with Crippen LogP contribution in [0.25, 0.3) is 0 Å². The zero-order valence-electron chi connectivity index (χ0n) is 10.5. The van der Waals surface area contributed by atoms with Crippen LogP contribution in [0.3, 0.4) is 0 Å². The Bertz CT molecular complexity index is 378. The maximum atomic E-state index is 5.42. The first-order valence-electron chi connectivity index (χ1n) is 6.83. The Balaban J connectivity index is 1.63. The van der Waals surface area contributed by atoms with Crippen molar-refractivity contribution in [3.8, 4) is 0 Å². The number of hydrogen-bond acceptors (Lipinski definition) is 4. The molecule has 17 heavy (non-hydrogen) atoms. The van der Waals surface area contributed by atoms with Gasteiger partial charge in [0.2, 0.25) is 5.89 Å². The Kier molecular flexibility index (Phi) is 2.90. The quantitative estimate of drug-likeness (QED) is 0.872. The van der Waals surface area contributed by atoms with Crippen LogP contribution in [0.15, 0.2) is 4.52 Å². The van der Waals surface area contributed by atoms with E-state index >= 15 is 0 Å². The molecule has 2 aliphatic rings. The lowest BCUT2D eigenvalue weighted by molar-refractivity contribution is 0.194. The zero-order chi connectivity index (χ0) is 11.7. The van der Waals surface area contributed by atoms with Gasteiger partial charge in [-0.05, 0) is 32.2 Å². The number of rotatable bonds is 3. The fourth-order valence-electron chi connectivity index (χ4n) is 2.82. The summed E-state index contributed by atoms with van der Waals surface area (Å²) in [4.78, 5) is 4.58. The molecule has 94 valence electrons. The first-order valence-corrected chi connectivity index (χ1v) is 6.83. The van der Waals surface area contributed by atoms with Gasteiger partial charge in [-0.15, -0.1) is 0 Å². The highest BCUT2D eigenvalue weighted by molar-refractivity contribution is 5.08. The summed E-state index contributed by atoms with van der Waals surface area (Å²) < 4.78 is 5.42. The van der Waals surface area contributed by atoms with Gasteiger partial charge < -0.3 is 9.84 Å². The summed E-state index contributed by atoms with van der Waals surface area (Å²) in [6.45, 7) is 3.36. The summed E-state index contributed by atoms with van der Waals surface area (Å²) in [7, 11) is 0. The van der Waals surface area contributed by atoms with Crippen LogP contribution < -0.4 is 5.32 Å². The van der Waals surface area contributed by atoms with E-state index in [0.29, 0.717) is 6.04 Å². The van der Waals surface area contributed by atoms with Crippen molar-refractivity contribution in [2.24, 2.45) is 0 Å². The van der Waals surface area contributed by atoms with E-state index < -0.39 is 0 Å². The minimum atomic E-state index is 0.172. The SMILES string of the molecule is CC1(c2nc(CC3CCCCN3)no2)CCC1. The molecule has 1 saturated heterocycles. The molecule has 4 nitrogen and oxygen atoms in total. The standard InChI is InChI=1S/C13H21N3O/c1-13(6-4-7-13)12-15-11(16-17-12)9-10-5-2-3-8-14-10/h10,14H,2-9H2,1H3. The third-order valence-electron chi connectivity index (χ3n) is 4.28. The highest BCUT2D eigenvalue weighted by atomic mass is 16.5. The number of nitrogens with one attached hydrogen (secondary N) is 1. The molecule has 1 saturated carbocycles. The molecule has 0 radical (unpaired) electrons. The van der Waals surface area contributed by atoms with E-state index in [0.717, 1.165) is 24.7 Å². The topological polar surface area (TPSA) is 51.0 Å². The van der Waals surface area contributed by atoms with Gasteiger partial charge in [-0.2, -0.15) is 4.98 Å². The van der Waals surface area contributed by atoms with Gasteiger partial charge >= 0.3 is 0 Å². The van der Waals surface area contributed by atoms with Gasteiger partial charge in [0.05, 0.1) is 0 Å². The van der Waals surface area contributed by atoms with Crippen LogP contribution in [-0.4, -0.2) is 22.7 Å². The van der Waals surface area contributed by atoms with Crippen molar-refractivity contribution in [1.29, 1.82) is 0 Å². The summed E-state index contributed by atoms with van der Waals surface area (Å²) in [6.07, 6.45) is 8.44. The van der Waals surface area contributed by atoms with Crippen molar-refractivity contribution in [2.45, 2.75) is 63.3 Å². The van der Waals surface area contributed by atoms with Crippen molar-refractivity contribution in [3.63, 3.8) is 0 Å². The molecule has 2 fully saturated rings. The van der Waals surface area contributed by atoms with Crippen LogP contribution >= 0.6 is 0 Å². The van der Waals surface area contributed by atoms with Crippen LogP contribution in [0.1, 0.15) is 57.2 Å². The van der Waals surface area contributed by atoms with E-state index in [1.807, 2.05) is 0 Å². The zero-order valence-corrected chi connectivity index (χ0v) is 10.5. The molecule has 0 aromatic carbocycles. The van der Waals surface area contributed by atoms with Gasteiger partial charge in [0.25, 0.3) is 0 Å². The molecule has 0 amide bonds. The fraction of sp³-hybridized carbons (Fsp3) is 0.846. The lowest BCUT2D eigenvalue weighted by Crippen LogP contribution is -2.36. The first-order chi connectivity index (χ1) is 8.26. The first kappa shape index (κ1) is 11.2. The molecule has 1 unspecified atom stereocenters. The second-order valence-electron chi connectivity index (χ2n) is 5.78. The predicted molar refractivity (Wildman–Crippen MR) is 64.8 cm³/mol. The van der Waals surface area contributed by atoms with E-state index in [1.165, 1.54) is 38.5 Å². The molecular weight excluding hydrogens is 214 g/mol. The molecule has 0 bridgehead atoms. The van der Waals surface area contributed by atoms with Gasteiger partial charge in [0.1, 0.15) is 0 Å². The molecule has 1 aliphatic heterocycles. The van der Waals surface area contributed by atoms with Crippen LogP contribution in [0.2, 0.25) is 0 Å². The molecule has 1 aromatic rings. The van der Waals surface area contributed by atoms with Crippen molar-refractivity contribution in [1.82, 2.24) is 15.5 Å².